The lowest BCUT2D eigenvalue weighted by Crippen LogP contribution is -2.45. The van der Waals surface area contributed by atoms with Gasteiger partial charge in [-0.1, -0.05) is 29.8 Å². The van der Waals surface area contributed by atoms with E-state index in [0.717, 1.165) is 17.1 Å². The Hall–Kier alpha value is -1.14. The van der Waals surface area contributed by atoms with Crippen molar-refractivity contribution in [2.24, 2.45) is 0 Å². The number of hydrogen-bond acceptors (Lipinski definition) is 4. The van der Waals surface area contributed by atoms with Crippen LogP contribution in [0.5, 0.6) is 0 Å². The topological polar surface area (TPSA) is 53.6 Å². The van der Waals surface area contributed by atoms with Gasteiger partial charge in [0.2, 0.25) is 5.91 Å². The van der Waals surface area contributed by atoms with Crippen molar-refractivity contribution in [2.75, 3.05) is 40.4 Å². The maximum Gasteiger partial charge on any atom is 0.221 e. The fourth-order valence-electron chi connectivity index (χ4n) is 2.57. The van der Waals surface area contributed by atoms with E-state index in [9.17, 15) is 4.79 Å². The minimum Gasteiger partial charge on any atom is -0.378 e. The number of hydrogen-bond donors (Lipinski definition) is 2. The van der Waals surface area contributed by atoms with Gasteiger partial charge in [-0.25, -0.2) is 0 Å². The number of halogens is 1. The molecule has 1 heterocycles. The van der Waals surface area contributed by atoms with E-state index in [1.54, 1.807) is 0 Å². The van der Waals surface area contributed by atoms with E-state index in [1.807, 2.05) is 38.4 Å². The van der Waals surface area contributed by atoms with Crippen LogP contribution in [0.1, 0.15) is 18.0 Å². The number of nitrogens with zero attached hydrogens (tertiary/aromatic N) is 1. The van der Waals surface area contributed by atoms with Gasteiger partial charge in [-0.2, -0.15) is 0 Å². The first-order chi connectivity index (χ1) is 10.6. The second-order valence-electron chi connectivity index (χ2n) is 5.74. The molecule has 2 unspecified atom stereocenters. The summed E-state index contributed by atoms with van der Waals surface area (Å²) in [6.07, 6.45) is 0.433. The van der Waals surface area contributed by atoms with Crippen LogP contribution in [0.4, 0.5) is 0 Å². The molecule has 1 amide bonds. The Morgan fingerprint density at radius 1 is 1.50 bits per heavy atom. The van der Waals surface area contributed by atoms with Crippen LogP contribution in [0.3, 0.4) is 0 Å². The van der Waals surface area contributed by atoms with Gasteiger partial charge in [0, 0.05) is 30.6 Å². The molecular formula is C16H24ClN3O2. The van der Waals surface area contributed by atoms with Crippen molar-refractivity contribution in [1.29, 1.82) is 0 Å². The fraction of sp³-hybridized carbons (Fsp3) is 0.562. The van der Waals surface area contributed by atoms with Crippen molar-refractivity contribution in [3.63, 3.8) is 0 Å². The molecule has 1 fully saturated rings. The zero-order valence-corrected chi connectivity index (χ0v) is 13.9. The highest BCUT2D eigenvalue weighted by atomic mass is 35.5. The van der Waals surface area contributed by atoms with Crippen molar-refractivity contribution in [2.45, 2.75) is 18.5 Å². The quantitative estimate of drug-likeness (QED) is 0.831. The Labute approximate surface area is 137 Å². The van der Waals surface area contributed by atoms with Crippen LogP contribution in [0.15, 0.2) is 24.3 Å². The third kappa shape index (κ3) is 4.95. The number of rotatable bonds is 6. The van der Waals surface area contributed by atoms with Crippen molar-refractivity contribution in [1.82, 2.24) is 15.5 Å². The standard InChI is InChI=1S/C16H24ClN3O2/c1-20(2)15(13-5-3-4-6-14(13)17)10-19-16(21)9-12-11-22-8-7-18-12/h3-6,12,15,18H,7-11H2,1-2H3,(H,19,21). The third-order valence-electron chi connectivity index (χ3n) is 3.81. The molecule has 6 heteroatoms. The first-order valence-corrected chi connectivity index (χ1v) is 7.94. The lowest BCUT2D eigenvalue weighted by atomic mass is 10.1. The molecule has 2 atom stereocenters. The van der Waals surface area contributed by atoms with E-state index in [4.69, 9.17) is 16.3 Å². The molecule has 1 aliphatic rings. The average Bonchev–Trinajstić information content (AvgIpc) is 2.50. The number of likely N-dealkylation sites (N-methyl/N-ethyl adjacent to an activating group) is 1. The molecule has 1 aliphatic heterocycles. The molecule has 0 aromatic heterocycles. The lowest BCUT2D eigenvalue weighted by molar-refractivity contribution is -0.122. The van der Waals surface area contributed by atoms with Crippen molar-refractivity contribution in [3.05, 3.63) is 34.9 Å². The first kappa shape index (κ1) is 17.2. The van der Waals surface area contributed by atoms with Gasteiger partial charge in [0.15, 0.2) is 0 Å². The van der Waals surface area contributed by atoms with Crippen molar-refractivity contribution >= 4 is 17.5 Å². The minimum atomic E-state index is 0.0295. The summed E-state index contributed by atoms with van der Waals surface area (Å²) in [6, 6.07) is 7.89. The molecule has 2 N–H and O–H groups in total. The number of carbonyl (C=O) groups excluding carboxylic acids is 1. The summed E-state index contributed by atoms with van der Waals surface area (Å²) in [4.78, 5) is 14.2. The smallest absolute Gasteiger partial charge is 0.221 e. The molecule has 5 nitrogen and oxygen atoms in total. The SMILES string of the molecule is CN(C)C(CNC(=O)CC1COCCN1)c1ccccc1Cl. The van der Waals surface area contributed by atoms with Gasteiger partial charge in [0.05, 0.1) is 19.3 Å². The Bertz CT molecular complexity index is 490. The van der Waals surface area contributed by atoms with Crippen LogP contribution < -0.4 is 10.6 Å². The summed E-state index contributed by atoms with van der Waals surface area (Å²) in [5.74, 6) is 0.0295. The summed E-state index contributed by atoms with van der Waals surface area (Å²) < 4.78 is 5.36. The Morgan fingerprint density at radius 3 is 2.91 bits per heavy atom. The summed E-state index contributed by atoms with van der Waals surface area (Å²) in [6.45, 7) is 2.64. The molecule has 1 aromatic carbocycles. The van der Waals surface area contributed by atoms with Gasteiger partial charge in [-0.3, -0.25) is 4.79 Å². The summed E-state index contributed by atoms with van der Waals surface area (Å²) in [5.41, 5.74) is 1.02. The molecule has 1 saturated heterocycles. The highest BCUT2D eigenvalue weighted by molar-refractivity contribution is 6.31. The van der Waals surface area contributed by atoms with Gasteiger partial charge < -0.3 is 20.3 Å². The Kier molecular flexibility index (Phi) is 6.64. The molecule has 1 aromatic rings. The predicted octanol–water partition coefficient (Wildman–Crippen LogP) is 1.44. The van der Waals surface area contributed by atoms with Gasteiger partial charge >= 0.3 is 0 Å². The van der Waals surface area contributed by atoms with E-state index < -0.39 is 0 Å². The molecule has 22 heavy (non-hydrogen) atoms. The van der Waals surface area contributed by atoms with Crippen LogP contribution in [0.25, 0.3) is 0 Å². The van der Waals surface area contributed by atoms with Crippen LogP contribution in [-0.2, 0) is 9.53 Å². The first-order valence-electron chi connectivity index (χ1n) is 7.56. The fourth-order valence-corrected chi connectivity index (χ4v) is 2.84. The maximum atomic E-state index is 12.1. The zero-order valence-electron chi connectivity index (χ0n) is 13.1. The predicted molar refractivity (Wildman–Crippen MR) is 88.1 cm³/mol. The van der Waals surface area contributed by atoms with Crippen molar-refractivity contribution in [3.8, 4) is 0 Å². The second-order valence-corrected chi connectivity index (χ2v) is 6.14. The molecule has 0 spiro atoms. The summed E-state index contributed by atoms with van der Waals surface area (Å²) >= 11 is 6.27. The van der Waals surface area contributed by atoms with E-state index >= 15 is 0 Å². The van der Waals surface area contributed by atoms with Gasteiger partial charge in [0.25, 0.3) is 0 Å². The highest BCUT2D eigenvalue weighted by Gasteiger charge is 2.20. The Balaban J connectivity index is 1.89. The van der Waals surface area contributed by atoms with E-state index in [-0.39, 0.29) is 18.0 Å². The minimum absolute atomic E-state index is 0.0295. The highest BCUT2D eigenvalue weighted by Crippen LogP contribution is 2.25. The molecule has 2 rings (SSSR count). The largest absolute Gasteiger partial charge is 0.378 e. The molecule has 0 aliphatic carbocycles. The average molecular weight is 326 g/mol. The zero-order chi connectivity index (χ0) is 15.9. The van der Waals surface area contributed by atoms with Crippen molar-refractivity contribution < 1.29 is 9.53 Å². The van der Waals surface area contributed by atoms with E-state index in [0.29, 0.717) is 26.2 Å². The van der Waals surface area contributed by atoms with E-state index in [2.05, 4.69) is 15.5 Å². The number of amides is 1. The van der Waals surface area contributed by atoms with Crippen LogP contribution in [0, 0.1) is 0 Å². The van der Waals surface area contributed by atoms with E-state index in [1.165, 1.54) is 0 Å². The number of benzene rings is 1. The number of ether oxygens (including phenoxy) is 1. The molecule has 0 saturated carbocycles. The molecule has 0 radical (unpaired) electrons. The summed E-state index contributed by atoms with van der Waals surface area (Å²) in [5, 5.41) is 7.01. The Morgan fingerprint density at radius 2 is 2.27 bits per heavy atom. The third-order valence-corrected chi connectivity index (χ3v) is 4.15. The normalized spacial score (nSPS) is 19.9. The monoisotopic (exact) mass is 325 g/mol. The molecule has 0 bridgehead atoms. The van der Waals surface area contributed by atoms with Crippen LogP contribution in [0.2, 0.25) is 5.02 Å². The maximum absolute atomic E-state index is 12.1. The van der Waals surface area contributed by atoms with Crippen LogP contribution in [-0.4, -0.2) is 57.2 Å². The number of nitrogens with one attached hydrogen (secondary N) is 2. The van der Waals surface area contributed by atoms with Gasteiger partial charge in [-0.15, -0.1) is 0 Å². The number of morpholine rings is 1. The van der Waals surface area contributed by atoms with Gasteiger partial charge in [-0.05, 0) is 25.7 Å². The summed E-state index contributed by atoms with van der Waals surface area (Å²) in [7, 11) is 3.97. The number of carbonyl (C=O) groups is 1. The molecule has 122 valence electrons. The van der Waals surface area contributed by atoms with Gasteiger partial charge in [0.1, 0.15) is 0 Å². The second kappa shape index (κ2) is 8.48. The molecular weight excluding hydrogens is 302 g/mol. The van der Waals surface area contributed by atoms with Crippen LogP contribution >= 0.6 is 11.6 Å². The lowest BCUT2D eigenvalue weighted by Gasteiger charge is -2.27.